The first-order chi connectivity index (χ1) is 20.9. The minimum Gasteiger partial charge on any atom is -0.487 e. The predicted molar refractivity (Wildman–Crippen MR) is 159 cm³/mol. The van der Waals surface area contributed by atoms with Crippen LogP contribution in [-0.2, 0) is 4.74 Å². The van der Waals surface area contributed by atoms with Gasteiger partial charge in [0.05, 0.1) is 46.4 Å². The van der Waals surface area contributed by atoms with Gasteiger partial charge < -0.3 is 19.1 Å². The summed E-state index contributed by atoms with van der Waals surface area (Å²) in [6, 6.07) is 9.93. The van der Waals surface area contributed by atoms with E-state index in [0.29, 0.717) is 38.8 Å². The minimum atomic E-state index is -0.724. The highest BCUT2D eigenvalue weighted by Gasteiger charge is 2.20. The van der Waals surface area contributed by atoms with Gasteiger partial charge in [0.2, 0.25) is 5.88 Å². The van der Waals surface area contributed by atoms with Crippen molar-refractivity contribution in [3.8, 4) is 22.2 Å². The van der Waals surface area contributed by atoms with E-state index in [1.807, 2.05) is 19.1 Å². The molecule has 220 valence electrons. The largest absolute Gasteiger partial charge is 0.487 e. The lowest BCUT2D eigenvalue weighted by Gasteiger charge is -2.14. The number of aryl methyl sites for hydroxylation is 1. The van der Waals surface area contributed by atoms with Gasteiger partial charge in [-0.05, 0) is 49.6 Å². The molecule has 4 heterocycles. The van der Waals surface area contributed by atoms with E-state index in [0.717, 1.165) is 41.8 Å². The lowest BCUT2D eigenvalue weighted by atomic mass is 10.1. The van der Waals surface area contributed by atoms with E-state index >= 15 is 0 Å². The SMILES string of the molecule is COc1cnc2c(-c3nc4cc(F)c(OCCOC(=O)Nc5ccc(C(=O)N6CCCC6)nc5)cc4s3)cc(C)cc2n1. The summed E-state index contributed by atoms with van der Waals surface area (Å²) in [5, 5.41) is 3.22. The van der Waals surface area contributed by atoms with Crippen LogP contribution in [0.5, 0.6) is 11.6 Å². The molecule has 1 fully saturated rings. The molecule has 43 heavy (non-hydrogen) atoms. The van der Waals surface area contributed by atoms with Crippen LogP contribution >= 0.6 is 11.3 Å². The number of rotatable bonds is 8. The van der Waals surface area contributed by atoms with Gasteiger partial charge in [0.15, 0.2) is 11.6 Å². The minimum absolute atomic E-state index is 0.0211. The Morgan fingerprint density at radius 1 is 1.02 bits per heavy atom. The fraction of sp³-hybridized carbons (Fsp3) is 0.267. The number of carbonyl (C=O) groups is 2. The van der Waals surface area contributed by atoms with E-state index in [1.165, 1.54) is 30.7 Å². The van der Waals surface area contributed by atoms with Crippen molar-refractivity contribution in [1.82, 2.24) is 24.8 Å². The Bertz CT molecular complexity index is 1820. The van der Waals surface area contributed by atoms with Crippen LogP contribution in [0.25, 0.3) is 31.8 Å². The number of methoxy groups -OCH3 is 1. The first-order valence-electron chi connectivity index (χ1n) is 13.6. The smallest absolute Gasteiger partial charge is 0.411 e. The fourth-order valence-electron chi connectivity index (χ4n) is 4.78. The number of halogens is 1. The van der Waals surface area contributed by atoms with E-state index in [4.69, 9.17) is 14.2 Å². The van der Waals surface area contributed by atoms with E-state index in [9.17, 15) is 14.0 Å². The zero-order chi connectivity index (χ0) is 29.9. The van der Waals surface area contributed by atoms with Crippen LogP contribution in [0.3, 0.4) is 0 Å². The van der Waals surface area contributed by atoms with Crippen molar-refractivity contribution in [2.45, 2.75) is 19.8 Å². The summed E-state index contributed by atoms with van der Waals surface area (Å²) in [5.74, 6) is -0.270. The first kappa shape index (κ1) is 28.2. The summed E-state index contributed by atoms with van der Waals surface area (Å²) in [6.07, 6.45) is 4.21. The average molecular weight is 603 g/mol. The van der Waals surface area contributed by atoms with Gasteiger partial charge >= 0.3 is 6.09 Å². The molecule has 0 unspecified atom stereocenters. The van der Waals surface area contributed by atoms with Gasteiger partial charge in [0.1, 0.15) is 23.9 Å². The molecule has 0 bridgehead atoms. The first-order valence-corrected chi connectivity index (χ1v) is 14.4. The highest BCUT2D eigenvalue weighted by atomic mass is 32.1. The molecule has 0 spiro atoms. The third-order valence-corrected chi connectivity index (χ3v) is 7.90. The molecule has 2 aromatic carbocycles. The number of pyridine rings is 1. The van der Waals surface area contributed by atoms with E-state index in [-0.39, 0.29) is 24.9 Å². The van der Waals surface area contributed by atoms with E-state index in [2.05, 4.69) is 25.3 Å². The maximum Gasteiger partial charge on any atom is 0.411 e. The van der Waals surface area contributed by atoms with Gasteiger partial charge in [0.25, 0.3) is 5.91 Å². The molecule has 5 aromatic rings. The number of amides is 2. The number of hydrogen-bond donors (Lipinski definition) is 1. The quantitative estimate of drug-likeness (QED) is 0.225. The number of anilines is 1. The van der Waals surface area contributed by atoms with Crippen molar-refractivity contribution >= 4 is 50.3 Å². The molecule has 1 aliphatic heterocycles. The van der Waals surface area contributed by atoms with Crippen molar-refractivity contribution in [3.05, 3.63) is 65.9 Å². The van der Waals surface area contributed by atoms with Crippen molar-refractivity contribution in [2.75, 3.05) is 38.7 Å². The fourth-order valence-corrected chi connectivity index (χ4v) is 5.77. The Balaban J connectivity index is 1.06. The van der Waals surface area contributed by atoms with Gasteiger partial charge in [-0.2, -0.15) is 0 Å². The lowest BCUT2D eigenvalue weighted by molar-refractivity contribution is 0.0787. The zero-order valence-corrected chi connectivity index (χ0v) is 24.2. The highest BCUT2D eigenvalue weighted by Crippen LogP contribution is 2.37. The molecule has 0 atom stereocenters. The van der Waals surface area contributed by atoms with Crippen LogP contribution in [0.1, 0.15) is 28.9 Å². The lowest BCUT2D eigenvalue weighted by Crippen LogP contribution is -2.28. The Morgan fingerprint density at radius 3 is 2.63 bits per heavy atom. The van der Waals surface area contributed by atoms with Gasteiger partial charge in [-0.1, -0.05) is 0 Å². The number of thiazole rings is 1. The Hall–Kier alpha value is -4.91. The normalized spacial score (nSPS) is 13.0. The highest BCUT2D eigenvalue weighted by molar-refractivity contribution is 7.21. The number of benzene rings is 2. The molecule has 2 amide bonds. The van der Waals surface area contributed by atoms with Gasteiger partial charge in [-0.15, -0.1) is 11.3 Å². The maximum absolute atomic E-state index is 14.8. The molecule has 1 N–H and O–H groups in total. The second kappa shape index (κ2) is 12.1. The van der Waals surface area contributed by atoms with Crippen molar-refractivity contribution in [3.63, 3.8) is 0 Å². The number of nitrogens with zero attached hydrogens (tertiary/aromatic N) is 5. The van der Waals surface area contributed by atoms with Crippen molar-refractivity contribution in [2.24, 2.45) is 0 Å². The van der Waals surface area contributed by atoms with Crippen LogP contribution in [0.2, 0.25) is 0 Å². The van der Waals surface area contributed by atoms with E-state index < -0.39 is 11.9 Å². The van der Waals surface area contributed by atoms with Gasteiger partial charge in [-0.3, -0.25) is 10.1 Å². The van der Waals surface area contributed by atoms with E-state index in [1.54, 1.807) is 29.3 Å². The summed E-state index contributed by atoms with van der Waals surface area (Å²) in [4.78, 5) is 44.1. The number of aromatic nitrogens is 4. The number of hydrogen-bond acceptors (Lipinski definition) is 10. The topological polar surface area (TPSA) is 129 Å². The summed E-state index contributed by atoms with van der Waals surface area (Å²) >= 11 is 1.38. The van der Waals surface area contributed by atoms with Crippen LogP contribution in [0.15, 0.2) is 48.8 Å². The number of likely N-dealkylation sites (tertiary alicyclic amines) is 1. The number of carbonyl (C=O) groups excluding carboxylic acids is 2. The van der Waals surface area contributed by atoms with Crippen LogP contribution in [0.4, 0.5) is 14.9 Å². The summed E-state index contributed by atoms with van der Waals surface area (Å²) in [7, 11) is 1.54. The molecular weight excluding hydrogens is 575 g/mol. The molecule has 1 aliphatic rings. The Morgan fingerprint density at radius 2 is 1.86 bits per heavy atom. The maximum atomic E-state index is 14.8. The van der Waals surface area contributed by atoms with Crippen molar-refractivity contribution < 1.29 is 28.2 Å². The summed E-state index contributed by atoms with van der Waals surface area (Å²) in [6.45, 7) is 3.23. The number of fused-ring (bicyclic) bond motifs is 2. The molecule has 1 saturated heterocycles. The third kappa shape index (κ3) is 6.16. The molecule has 6 rings (SSSR count). The molecule has 3 aromatic heterocycles. The second-order valence-electron chi connectivity index (χ2n) is 9.90. The molecule has 0 radical (unpaired) electrons. The van der Waals surface area contributed by atoms with Gasteiger partial charge in [0, 0.05) is 30.8 Å². The Labute approximate surface area is 249 Å². The molecule has 13 heteroatoms. The van der Waals surface area contributed by atoms with Crippen LogP contribution < -0.4 is 14.8 Å². The summed E-state index contributed by atoms with van der Waals surface area (Å²) < 4.78 is 31.5. The molecule has 0 saturated carbocycles. The predicted octanol–water partition coefficient (Wildman–Crippen LogP) is 5.62. The zero-order valence-electron chi connectivity index (χ0n) is 23.4. The number of nitrogens with one attached hydrogen (secondary N) is 1. The Kier molecular flexibility index (Phi) is 7.97. The average Bonchev–Trinajstić information content (AvgIpc) is 3.69. The molecule has 11 nitrogen and oxygen atoms in total. The van der Waals surface area contributed by atoms with Crippen molar-refractivity contribution in [1.29, 1.82) is 0 Å². The van der Waals surface area contributed by atoms with Crippen LogP contribution in [0, 0.1) is 12.7 Å². The summed E-state index contributed by atoms with van der Waals surface area (Å²) in [5.41, 5.74) is 4.30. The second-order valence-corrected chi connectivity index (χ2v) is 10.9. The third-order valence-electron chi connectivity index (χ3n) is 6.85. The monoisotopic (exact) mass is 602 g/mol. The standard InChI is InChI=1S/C30H27FN6O5S/c1-17-11-19(27-23(12-17)35-26(40-2)16-33-27)28-36-22-13-20(31)24(14-25(22)43-28)41-9-10-42-30(39)34-18-5-6-21(32-15-18)29(38)37-7-3-4-8-37/h5-6,11-16H,3-4,7-10H2,1-2H3,(H,34,39). The number of ether oxygens (including phenoxy) is 3. The molecule has 0 aliphatic carbocycles. The van der Waals surface area contributed by atoms with Gasteiger partial charge in [-0.25, -0.2) is 29.1 Å². The van der Waals surface area contributed by atoms with Crippen LogP contribution in [-0.4, -0.2) is 70.2 Å². The molecular formula is C30H27FN6O5S.